The maximum absolute atomic E-state index is 13.1. The average Bonchev–Trinajstić information content (AvgIpc) is 3.14. The van der Waals surface area contributed by atoms with E-state index in [4.69, 9.17) is 9.47 Å². The average molecular weight is 507 g/mol. The van der Waals surface area contributed by atoms with Gasteiger partial charge in [-0.1, -0.05) is 60.6 Å². The number of unbranched alkanes of at least 4 members (excludes halogenated alkanes) is 1. The molecule has 3 rings (SSSR count). The number of esters is 1. The van der Waals surface area contributed by atoms with Crippen molar-refractivity contribution in [2.24, 2.45) is 0 Å². The van der Waals surface area contributed by atoms with Crippen molar-refractivity contribution < 1.29 is 14.3 Å². The van der Waals surface area contributed by atoms with Crippen LogP contribution >= 0.6 is 27.7 Å². The number of allylic oxidation sites excluding steroid dienone is 1. The highest BCUT2D eigenvalue weighted by molar-refractivity contribution is 9.10. The van der Waals surface area contributed by atoms with Crippen LogP contribution in [0.1, 0.15) is 45.2 Å². The van der Waals surface area contributed by atoms with Gasteiger partial charge in [-0.15, -0.1) is 5.10 Å². The fourth-order valence-corrected chi connectivity index (χ4v) is 4.21. The number of benzene rings is 1. The zero-order valence-corrected chi connectivity index (χ0v) is 20.4. The van der Waals surface area contributed by atoms with Gasteiger partial charge in [0.15, 0.2) is 0 Å². The van der Waals surface area contributed by atoms with Crippen molar-refractivity contribution in [2.75, 3.05) is 24.3 Å². The van der Waals surface area contributed by atoms with E-state index >= 15 is 0 Å². The molecule has 0 bridgehead atoms. The van der Waals surface area contributed by atoms with Crippen LogP contribution < -0.4 is 10.1 Å². The number of fused-ring (bicyclic) bond motifs is 1. The van der Waals surface area contributed by atoms with Crippen molar-refractivity contribution in [3.05, 3.63) is 52.2 Å². The zero-order valence-electron chi connectivity index (χ0n) is 18.0. The Morgan fingerprint density at radius 3 is 2.94 bits per heavy atom. The highest BCUT2D eigenvalue weighted by atomic mass is 79.9. The van der Waals surface area contributed by atoms with Crippen LogP contribution in [0.2, 0.25) is 0 Å². The number of hydrogen-bond acceptors (Lipinski definition) is 7. The van der Waals surface area contributed by atoms with Gasteiger partial charge >= 0.3 is 5.97 Å². The number of halogens is 1. The Morgan fingerprint density at radius 1 is 1.42 bits per heavy atom. The van der Waals surface area contributed by atoms with Crippen LogP contribution in [-0.2, 0) is 9.53 Å². The van der Waals surface area contributed by atoms with Crippen LogP contribution in [0.3, 0.4) is 0 Å². The first-order chi connectivity index (χ1) is 15.0. The topological polar surface area (TPSA) is 78.3 Å². The first kappa shape index (κ1) is 23.4. The second kappa shape index (κ2) is 10.9. The number of nitrogens with zero attached hydrogens (tertiary/aromatic N) is 3. The van der Waals surface area contributed by atoms with Crippen LogP contribution in [0.15, 0.2) is 51.8 Å². The molecule has 0 saturated heterocycles. The molecule has 1 aromatic heterocycles. The fourth-order valence-electron chi connectivity index (χ4n) is 3.28. The number of ether oxygens (including phenoxy) is 2. The summed E-state index contributed by atoms with van der Waals surface area (Å²) in [5.41, 5.74) is 1.95. The lowest BCUT2D eigenvalue weighted by Crippen LogP contribution is -2.30. The summed E-state index contributed by atoms with van der Waals surface area (Å²) in [4.78, 5) is 17.7. The van der Waals surface area contributed by atoms with Crippen LogP contribution in [0.4, 0.5) is 5.95 Å². The van der Waals surface area contributed by atoms with Crippen LogP contribution in [0.25, 0.3) is 0 Å². The molecule has 2 aromatic rings. The minimum atomic E-state index is -0.540. The highest BCUT2D eigenvalue weighted by Gasteiger charge is 2.37. The molecule has 1 N–H and O–H groups in total. The highest BCUT2D eigenvalue weighted by Crippen LogP contribution is 2.41. The quantitative estimate of drug-likeness (QED) is 0.201. The molecule has 1 aromatic carbocycles. The molecule has 1 unspecified atom stereocenters. The number of carbonyl (C=O) groups excluding carboxylic acids is 1. The SMILES string of the molecule is C=CCOC(=O)C1=C(C)Nc2nc(SCC)nn2C1c1cc(Br)ccc1OCCCC. The predicted octanol–water partition coefficient (Wildman–Crippen LogP) is 5.35. The van der Waals surface area contributed by atoms with Crippen LogP contribution in [0.5, 0.6) is 5.75 Å². The molecule has 0 aliphatic carbocycles. The molecule has 1 aliphatic rings. The summed E-state index contributed by atoms with van der Waals surface area (Å²) in [7, 11) is 0. The maximum Gasteiger partial charge on any atom is 0.338 e. The molecule has 31 heavy (non-hydrogen) atoms. The summed E-state index contributed by atoms with van der Waals surface area (Å²) in [6, 6.07) is 5.26. The maximum atomic E-state index is 13.1. The number of aromatic nitrogens is 3. The van der Waals surface area contributed by atoms with Gasteiger partial charge in [0.25, 0.3) is 0 Å². The van der Waals surface area contributed by atoms with E-state index in [9.17, 15) is 4.79 Å². The van der Waals surface area contributed by atoms with E-state index in [0.717, 1.165) is 28.6 Å². The van der Waals surface area contributed by atoms with E-state index in [0.29, 0.717) is 34.7 Å². The van der Waals surface area contributed by atoms with Gasteiger partial charge in [0.1, 0.15) is 18.4 Å². The van der Waals surface area contributed by atoms with E-state index in [1.165, 1.54) is 0 Å². The molecule has 0 saturated carbocycles. The number of hydrogen-bond donors (Lipinski definition) is 1. The summed E-state index contributed by atoms with van der Waals surface area (Å²) in [5.74, 6) is 1.70. The van der Waals surface area contributed by atoms with Crippen molar-refractivity contribution in [1.29, 1.82) is 0 Å². The van der Waals surface area contributed by atoms with E-state index in [1.807, 2.05) is 32.0 Å². The number of rotatable bonds is 10. The van der Waals surface area contributed by atoms with E-state index in [-0.39, 0.29) is 6.61 Å². The summed E-state index contributed by atoms with van der Waals surface area (Å²) < 4.78 is 14.1. The molecule has 0 spiro atoms. The molecule has 0 fully saturated rings. The minimum Gasteiger partial charge on any atom is -0.493 e. The summed E-state index contributed by atoms with van der Waals surface area (Å²) in [5, 5.41) is 8.54. The summed E-state index contributed by atoms with van der Waals surface area (Å²) in [6.45, 7) is 10.4. The van der Waals surface area contributed by atoms with Crippen LogP contribution in [0, 0.1) is 0 Å². The van der Waals surface area contributed by atoms with E-state index in [1.54, 1.807) is 22.5 Å². The number of nitrogens with one attached hydrogen (secondary N) is 1. The number of carbonyl (C=O) groups is 1. The third kappa shape index (κ3) is 5.33. The third-order valence-electron chi connectivity index (χ3n) is 4.68. The minimum absolute atomic E-state index is 0.127. The van der Waals surface area contributed by atoms with Crippen molar-refractivity contribution in [1.82, 2.24) is 14.8 Å². The van der Waals surface area contributed by atoms with Crippen molar-refractivity contribution in [2.45, 2.75) is 44.8 Å². The number of anilines is 1. The lowest BCUT2D eigenvalue weighted by Gasteiger charge is -2.29. The lowest BCUT2D eigenvalue weighted by atomic mass is 9.95. The molecular formula is C22H27BrN4O3S. The lowest BCUT2D eigenvalue weighted by molar-refractivity contribution is -0.138. The molecule has 1 atom stereocenters. The number of thioether (sulfide) groups is 1. The summed E-state index contributed by atoms with van der Waals surface area (Å²) in [6.07, 6.45) is 3.52. The Labute approximate surface area is 195 Å². The van der Waals surface area contributed by atoms with Crippen molar-refractivity contribution in [3.63, 3.8) is 0 Å². The van der Waals surface area contributed by atoms with Gasteiger partial charge in [0.05, 0.1) is 12.2 Å². The first-order valence-electron chi connectivity index (χ1n) is 10.3. The van der Waals surface area contributed by atoms with Gasteiger partial charge in [0.2, 0.25) is 11.1 Å². The normalized spacial score (nSPS) is 15.3. The Kier molecular flexibility index (Phi) is 8.20. The van der Waals surface area contributed by atoms with Gasteiger partial charge in [-0.05, 0) is 37.3 Å². The first-order valence-corrected chi connectivity index (χ1v) is 12.0. The monoisotopic (exact) mass is 506 g/mol. The molecule has 2 heterocycles. The van der Waals surface area contributed by atoms with E-state index < -0.39 is 12.0 Å². The fraction of sp³-hybridized carbons (Fsp3) is 0.409. The van der Waals surface area contributed by atoms with Crippen molar-refractivity contribution in [3.8, 4) is 5.75 Å². The molecular weight excluding hydrogens is 480 g/mol. The Bertz CT molecular complexity index is 989. The van der Waals surface area contributed by atoms with Gasteiger partial charge in [-0.2, -0.15) is 4.98 Å². The smallest absolute Gasteiger partial charge is 0.338 e. The predicted molar refractivity (Wildman–Crippen MR) is 127 cm³/mol. The molecule has 1 aliphatic heterocycles. The zero-order chi connectivity index (χ0) is 22.4. The molecule has 9 heteroatoms. The second-order valence-electron chi connectivity index (χ2n) is 6.93. The molecule has 0 amide bonds. The summed E-state index contributed by atoms with van der Waals surface area (Å²) >= 11 is 5.11. The second-order valence-corrected chi connectivity index (χ2v) is 9.08. The van der Waals surface area contributed by atoms with Crippen molar-refractivity contribution >= 4 is 39.6 Å². The molecule has 166 valence electrons. The van der Waals surface area contributed by atoms with Gasteiger partial charge < -0.3 is 14.8 Å². The molecule has 0 radical (unpaired) electrons. The van der Waals surface area contributed by atoms with Gasteiger partial charge in [-0.25, -0.2) is 9.48 Å². The Hall–Kier alpha value is -2.26. The Balaban J connectivity index is 2.14. The molecule has 7 nitrogen and oxygen atoms in total. The van der Waals surface area contributed by atoms with Gasteiger partial charge in [-0.3, -0.25) is 0 Å². The largest absolute Gasteiger partial charge is 0.493 e. The van der Waals surface area contributed by atoms with E-state index in [2.05, 4.69) is 44.8 Å². The van der Waals surface area contributed by atoms with Crippen LogP contribution in [-0.4, -0.2) is 39.7 Å². The standard InChI is InChI=1S/C22H27BrN4O3S/c1-5-8-12-29-17-10-9-15(23)13-16(17)19-18(20(28)30-11-6-2)14(4)24-21-25-22(31-7-3)26-27(19)21/h6,9-10,13,19H,2,5,7-8,11-12H2,1,3-4H3,(H,24,25,26). The van der Waals surface area contributed by atoms with Gasteiger partial charge in [0, 0.05) is 15.7 Å². The Morgan fingerprint density at radius 2 is 2.23 bits per heavy atom. The third-order valence-corrected chi connectivity index (χ3v) is 5.89.